The minimum atomic E-state index is 0.586. The summed E-state index contributed by atoms with van der Waals surface area (Å²) in [5.41, 5.74) is 1.29. The number of hydrogen-bond acceptors (Lipinski definition) is 2. The second kappa shape index (κ2) is 5.15. The molecule has 0 amide bonds. The Morgan fingerprint density at radius 3 is 2.64 bits per heavy atom. The van der Waals surface area contributed by atoms with E-state index >= 15 is 0 Å². The van der Waals surface area contributed by atoms with Crippen molar-refractivity contribution in [2.24, 2.45) is 13.0 Å². The van der Waals surface area contributed by atoms with E-state index in [9.17, 15) is 0 Å². The van der Waals surface area contributed by atoms with Crippen molar-refractivity contribution in [2.45, 2.75) is 33.2 Å². The topological polar surface area (TPSA) is 29.9 Å². The molecule has 0 aromatic carbocycles. The molecule has 1 aromatic heterocycles. The van der Waals surface area contributed by atoms with Gasteiger partial charge in [0.05, 0.1) is 0 Å². The summed E-state index contributed by atoms with van der Waals surface area (Å²) in [6.45, 7) is 7.73. The van der Waals surface area contributed by atoms with Gasteiger partial charge in [-0.15, -0.1) is 0 Å². The van der Waals surface area contributed by atoms with Crippen LogP contribution in [0.1, 0.15) is 26.5 Å². The molecule has 1 atom stereocenters. The van der Waals surface area contributed by atoms with Crippen LogP contribution >= 0.6 is 0 Å². The van der Waals surface area contributed by atoms with Gasteiger partial charge in [0.2, 0.25) is 0 Å². The molecule has 1 rings (SSSR count). The summed E-state index contributed by atoms with van der Waals surface area (Å²) >= 11 is 0. The molecule has 0 fully saturated rings. The van der Waals surface area contributed by atoms with Crippen molar-refractivity contribution in [3.05, 3.63) is 18.0 Å². The molecule has 1 unspecified atom stereocenters. The fraction of sp³-hybridized carbons (Fsp3) is 0.727. The van der Waals surface area contributed by atoms with Gasteiger partial charge in [-0.25, -0.2) is 0 Å². The van der Waals surface area contributed by atoms with Crippen LogP contribution in [0.3, 0.4) is 0 Å². The van der Waals surface area contributed by atoms with Gasteiger partial charge in [0, 0.05) is 37.9 Å². The second-order valence-electron chi connectivity index (χ2n) is 4.18. The lowest BCUT2D eigenvalue weighted by Crippen LogP contribution is -2.32. The highest BCUT2D eigenvalue weighted by Gasteiger charge is 2.05. The largest absolute Gasteiger partial charge is 0.314 e. The van der Waals surface area contributed by atoms with Crippen molar-refractivity contribution in [3.63, 3.8) is 0 Å². The molecule has 0 radical (unpaired) electrons. The summed E-state index contributed by atoms with van der Waals surface area (Å²) in [5, 5.41) is 7.64. The van der Waals surface area contributed by atoms with E-state index in [0.717, 1.165) is 13.0 Å². The van der Waals surface area contributed by atoms with E-state index in [1.165, 1.54) is 5.69 Å². The number of nitrogens with zero attached hydrogens (tertiary/aromatic N) is 2. The highest BCUT2D eigenvalue weighted by Crippen LogP contribution is 2.01. The smallest absolute Gasteiger partial charge is 0.0492 e. The van der Waals surface area contributed by atoms with E-state index in [4.69, 9.17) is 0 Å². The van der Waals surface area contributed by atoms with Crippen LogP contribution in [0.5, 0.6) is 0 Å². The average molecular weight is 195 g/mol. The molecule has 80 valence electrons. The number of hydrogen-bond donors (Lipinski definition) is 1. The molecule has 1 heterocycles. The maximum atomic E-state index is 4.14. The predicted molar refractivity (Wildman–Crippen MR) is 59.2 cm³/mol. The maximum absolute atomic E-state index is 4.14. The summed E-state index contributed by atoms with van der Waals surface area (Å²) in [4.78, 5) is 0. The zero-order valence-corrected chi connectivity index (χ0v) is 9.62. The van der Waals surface area contributed by atoms with Crippen LogP contribution in [-0.4, -0.2) is 22.4 Å². The molecule has 1 N–H and O–H groups in total. The van der Waals surface area contributed by atoms with Crippen molar-refractivity contribution in [1.29, 1.82) is 0 Å². The molecule has 0 aliphatic carbocycles. The van der Waals surface area contributed by atoms with E-state index in [1.807, 2.05) is 17.9 Å². The number of aromatic nitrogens is 2. The first-order valence-corrected chi connectivity index (χ1v) is 5.31. The van der Waals surface area contributed by atoms with Gasteiger partial charge in [-0.2, -0.15) is 5.10 Å². The zero-order valence-electron chi connectivity index (χ0n) is 9.62. The lowest BCUT2D eigenvalue weighted by atomic mass is 10.1. The van der Waals surface area contributed by atoms with Gasteiger partial charge in [0.15, 0.2) is 0 Å². The lowest BCUT2D eigenvalue weighted by Gasteiger charge is -2.17. The highest BCUT2D eigenvalue weighted by molar-refractivity contribution is 5.00. The van der Waals surface area contributed by atoms with Crippen LogP contribution in [0.2, 0.25) is 0 Å². The SMILES string of the molecule is CC(C)C(C)NCCc1ccnn1C. The maximum Gasteiger partial charge on any atom is 0.0492 e. The molecule has 0 aliphatic rings. The third-order valence-corrected chi connectivity index (χ3v) is 2.77. The normalized spacial score (nSPS) is 13.5. The summed E-state index contributed by atoms with van der Waals surface area (Å²) in [5.74, 6) is 0.696. The third kappa shape index (κ3) is 3.14. The predicted octanol–water partition coefficient (Wildman–Crippen LogP) is 1.60. The molecule has 0 aliphatic heterocycles. The lowest BCUT2D eigenvalue weighted by molar-refractivity contribution is 0.428. The van der Waals surface area contributed by atoms with Gasteiger partial charge in [0.25, 0.3) is 0 Å². The molecule has 0 saturated carbocycles. The first kappa shape index (κ1) is 11.2. The molecule has 0 saturated heterocycles. The van der Waals surface area contributed by atoms with Crippen LogP contribution in [0, 0.1) is 5.92 Å². The fourth-order valence-electron chi connectivity index (χ4n) is 1.31. The average Bonchev–Trinajstić information content (AvgIpc) is 2.51. The fourth-order valence-corrected chi connectivity index (χ4v) is 1.31. The number of aryl methyl sites for hydroxylation is 1. The summed E-state index contributed by atoms with van der Waals surface area (Å²) in [6.07, 6.45) is 2.90. The van der Waals surface area contributed by atoms with Gasteiger partial charge in [-0.05, 0) is 18.9 Å². The van der Waals surface area contributed by atoms with Crippen LogP contribution < -0.4 is 5.32 Å². The molecular weight excluding hydrogens is 174 g/mol. The Labute approximate surface area is 86.5 Å². The van der Waals surface area contributed by atoms with Gasteiger partial charge in [-0.3, -0.25) is 4.68 Å². The quantitative estimate of drug-likeness (QED) is 0.773. The Morgan fingerprint density at radius 1 is 1.43 bits per heavy atom. The Hall–Kier alpha value is -0.830. The molecule has 14 heavy (non-hydrogen) atoms. The minimum absolute atomic E-state index is 0.586. The van der Waals surface area contributed by atoms with Crippen molar-refractivity contribution in [3.8, 4) is 0 Å². The Morgan fingerprint density at radius 2 is 2.14 bits per heavy atom. The molecular formula is C11H21N3. The summed E-state index contributed by atoms with van der Waals surface area (Å²) in [7, 11) is 1.99. The Balaban J connectivity index is 2.25. The highest BCUT2D eigenvalue weighted by atomic mass is 15.3. The molecule has 0 bridgehead atoms. The van der Waals surface area contributed by atoms with Crippen molar-refractivity contribution < 1.29 is 0 Å². The summed E-state index contributed by atoms with van der Waals surface area (Å²) in [6, 6.07) is 2.66. The second-order valence-corrected chi connectivity index (χ2v) is 4.18. The van der Waals surface area contributed by atoms with Crippen molar-refractivity contribution in [2.75, 3.05) is 6.54 Å². The Bertz CT molecular complexity index is 265. The van der Waals surface area contributed by atoms with Gasteiger partial charge < -0.3 is 5.32 Å². The van der Waals surface area contributed by atoms with Crippen LogP contribution in [0.15, 0.2) is 12.3 Å². The van der Waals surface area contributed by atoms with Crippen LogP contribution in [0.4, 0.5) is 0 Å². The zero-order chi connectivity index (χ0) is 10.6. The molecule has 3 heteroatoms. The monoisotopic (exact) mass is 195 g/mol. The van der Waals surface area contributed by atoms with Gasteiger partial charge >= 0.3 is 0 Å². The van der Waals surface area contributed by atoms with E-state index in [1.54, 1.807) is 0 Å². The number of nitrogens with one attached hydrogen (secondary N) is 1. The van der Waals surface area contributed by atoms with Crippen molar-refractivity contribution in [1.82, 2.24) is 15.1 Å². The van der Waals surface area contributed by atoms with E-state index < -0.39 is 0 Å². The minimum Gasteiger partial charge on any atom is -0.314 e. The standard InChI is InChI=1S/C11H21N3/c1-9(2)10(3)12-7-5-11-6-8-13-14(11)4/h6,8-10,12H,5,7H2,1-4H3. The summed E-state index contributed by atoms with van der Waals surface area (Å²) < 4.78 is 1.93. The molecule has 3 nitrogen and oxygen atoms in total. The first-order valence-electron chi connectivity index (χ1n) is 5.31. The van der Waals surface area contributed by atoms with Crippen LogP contribution in [0.25, 0.3) is 0 Å². The van der Waals surface area contributed by atoms with E-state index in [-0.39, 0.29) is 0 Å². The third-order valence-electron chi connectivity index (χ3n) is 2.77. The number of rotatable bonds is 5. The molecule has 1 aromatic rings. The Kier molecular flexibility index (Phi) is 4.14. The van der Waals surface area contributed by atoms with Gasteiger partial charge in [0.1, 0.15) is 0 Å². The first-order chi connectivity index (χ1) is 6.61. The van der Waals surface area contributed by atoms with Crippen molar-refractivity contribution >= 4 is 0 Å². The molecule has 0 spiro atoms. The van der Waals surface area contributed by atoms with Crippen LogP contribution in [-0.2, 0) is 13.5 Å². The van der Waals surface area contributed by atoms with E-state index in [2.05, 4.69) is 37.3 Å². The van der Waals surface area contributed by atoms with Gasteiger partial charge in [-0.1, -0.05) is 13.8 Å². The van der Waals surface area contributed by atoms with E-state index in [0.29, 0.717) is 12.0 Å².